The molecule has 7 heteroatoms. The number of piperazine rings is 1. The van der Waals surface area contributed by atoms with Gasteiger partial charge >= 0.3 is 6.03 Å². The molecule has 22 heavy (non-hydrogen) atoms. The van der Waals surface area contributed by atoms with Crippen LogP contribution in [0.2, 0.25) is 0 Å². The monoisotopic (exact) mass is 308 g/mol. The third kappa shape index (κ3) is 2.69. The molecule has 4 amide bonds. The molecular formula is C15H24N4O3. The lowest BCUT2D eigenvalue weighted by molar-refractivity contribution is -0.140. The van der Waals surface area contributed by atoms with Crippen LogP contribution >= 0.6 is 0 Å². The molecule has 0 unspecified atom stereocenters. The number of nitrogens with one attached hydrogen (secondary N) is 1. The zero-order valence-electron chi connectivity index (χ0n) is 13.1. The number of carbonyl (C=O) groups excluding carboxylic acids is 3. The maximum atomic E-state index is 12.6. The summed E-state index contributed by atoms with van der Waals surface area (Å²) in [5.74, 6) is -0.343. The number of hydrogen-bond donors (Lipinski definition) is 1. The third-order valence-electron chi connectivity index (χ3n) is 5.10. The lowest BCUT2D eigenvalue weighted by Crippen LogP contribution is -2.51. The van der Waals surface area contributed by atoms with Crippen LogP contribution in [0.3, 0.4) is 0 Å². The van der Waals surface area contributed by atoms with Crippen molar-refractivity contribution in [1.29, 1.82) is 0 Å². The summed E-state index contributed by atoms with van der Waals surface area (Å²) < 4.78 is 0. The molecule has 7 nitrogen and oxygen atoms in total. The molecule has 1 aliphatic carbocycles. The SMILES string of the molecule is CN1CCN(C(=O)CN2C(=O)NC3(CCCCC3)C2=O)CC1. The number of likely N-dealkylation sites (N-methyl/N-ethyl adjacent to an activating group) is 1. The summed E-state index contributed by atoms with van der Waals surface area (Å²) in [5, 5.41) is 2.84. The number of urea groups is 1. The second kappa shape index (κ2) is 5.87. The minimum absolute atomic E-state index is 0.129. The number of amides is 4. The Morgan fingerprint density at radius 2 is 1.73 bits per heavy atom. The van der Waals surface area contributed by atoms with E-state index >= 15 is 0 Å². The van der Waals surface area contributed by atoms with Gasteiger partial charge in [-0.15, -0.1) is 0 Å². The maximum Gasteiger partial charge on any atom is 0.325 e. The van der Waals surface area contributed by atoms with Crippen LogP contribution in [0, 0.1) is 0 Å². The molecule has 0 aromatic rings. The van der Waals surface area contributed by atoms with Crippen molar-refractivity contribution in [2.24, 2.45) is 0 Å². The van der Waals surface area contributed by atoms with Crippen molar-refractivity contribution >= 4 is 17.8 Å². The van der Waals surface area contributed by atoms with E-state index in [2.05, 4.69) is 10.2 Å². The van der Waals surface area contributed by atoms with Crippen LogP contribution in [0.5, 0.6) is 0 Å². The van der Waals surface area contributed by atoms with E-state index < -0.39 is 11.6 Å². The normalized spacial score (nSPS) is 25.7. The molecule has 1 spiro atoms. The van der Waals surface area contributed by atoms with Gasteiger partial charge in [0.15, 0.2) is 0 Å². The summed E-state index contributed by atoms with van der Waals surface area (Å²) in [4.78, 5) is 42.1. The first-order valence-electron chi connectivity index (χ1n) is 8.12. The van der Waals surface area contributed by atoms with Crippen LogP contribution in [0.25, 0.3) is 0 Å². The topological polar surface area (TPSA) is 73.0 Å². The van der Waals surface area contributed by atoms with Gasteiger partial charge in [-0.05, 0) is 19.9 Å². The predicted octanol–water partition coefficient (Wildman–Crippen LogP) is 0.0151. The Morgan fingerprint density at radius 1 is 1.09 bits per heavy atom. The van der Waals surface area contributed by atoms with Crippen LogP contribution in [0.1, 0.15) is 32.1 Å². The van der Waals surface area contributed by atoms with Crippen molar-refractivity contribution < 1.29 is 14.4 Å². The molecule has 0 radical (unpaired) electrons. The van der Waals surface area contributed by atoms with Gasteiger partial charge in [0.1, 0.15) is 12.1 Å². The highest BCUT2D eigenvalue weighted by molar-refractivity contribution is 6.09. The Hall–Kier alpha value is -1.63. The fourth-order valence-electron chi connectivity index (χ4n) is 3.61. The van der Waals surface area contributed by atoms with Gasteiger partial charge in [0, 0.05) is 26.2 Å². The molecule has 0 aromatic carbocycles. The summed E-state index contributed by atoms with van der Waals surface area (Å²) in [7, 11) is 2.02. The molecule has 0 bridgehead atoms. The van der Waals surface area contributed by atoms with Gasteiger partial charge in [-0.1, -0.05) is 19.3 Å². The van der Waals surface area contributed by atoms with E-state index in [0.717, 1.165) is 37.3 Å². The lowest BCUT2D eigenvalue weighted by atomic mass is 9.82. The molecule has 2 aliphatic heterocycles. The van der Waals surface area contributed by atoms with Crippen molar-refractivity contribution in [2.75, 3.05) is 39.8 Å². The first-order valence-corrected chi connectivity index (χ1v) is 8.12. The molecule has 1 N–H and O–H groups in total. The molecule has 0 atom stereocenters. The summed E-state index contributed by atoms with van der Waals surface area (Å²) in [5.41, 5.74) is -0.738. The number of hydrogen-bond acceptors (Lipinski definition) is 4. The summed E-state index contributed by atoms with van der Waals surface area (Å²) in [6.45, 7) is 2.84. The molecule has 3 aliphatic rings. The number of rotatable bonds is 2. The molecular weight excluding hydrogens is 284 g/mol. The van der Waals surface area contributed by atoms with E-state index in [9.17, 15) is 14.4 Å². The van der Waals surface area contributed by atoms with Crippen molar-refractivity contribution in [3.63, 3.8) is 0 Å². The van der Waals surface area contributed by atoms with Crippen LogP contribution in [-0.4, -0.2) is 77.9 Å². The van der Waals surface area contributed by atoms with Crippen molar-refractivity contribution in [1.82, 2.24) is 20.0 Å². The second-order valence-electron chi connectivity index (χ2n) is 6.65. The zero-order chi connectivity index (χ0) is 15.7. The number of imide groups is 1. The maximum absolute atomic E-state index is 12.6. The van der Waals surface area contributed by atoms with E-state index in [1.807, 2.05) is 7.05 Å². The fraction of sp³-hybridized carbons (Fsp3) is 0.800. The molecule has 2 heterocycles. The van der Waals surface area contributed by atoms with Gasteiger partial charge in [0.05, 0.1) is 0 Å². The Labute approximate surface area is 130 Å². The predicted molar refractivity (Wildman–Crippen MR) is 80.1 cm³/mol. The van der Waals surface area contributed by atoms with Crippen LogP contribution in [-0.2, 0) is 9.59 Å². The Balaban J connectivity index is 1.63. The van der Waals surface area contributed by atoms with Crippen LogP contribution < -0.4 is 5.32 Å². The summed E-state index contributed by atoms with van der Waals surface area (Å²) >= 11 is 0. The molecule has 3 fully saturated rings. The van der Waals surface area contributed by atoms with Gasteiger partial charge in [-0.2, -0.15) is 0 Å². The van der Waals surface area contributed by atoms with Crippen molar-refractivity contribution in [3.8, 4) is 0 Å². The van der Waals surface area contributed by atoms with Gasteiger partial charge < -0.3 is 15.1 Å². The lowest BCUT2D eigenvalue weighted by Gasteiger charge is -2.33. The average molecular weight is 308 g/mol. The average Bonchev–Trinajstić information content (AvgIpc) is 2.73. The zero-order valence-corrected chi connectivity index (χ0v) is 13.1. The van der Waals surface area contributed by atoms with E-state index in [0.29, 0.717) is 25.9 Å². The summed E-state index contributed by atoms with van der Waals surface area (Å²) in [6, 6.07) is -0.408. The summed E-state index contributed by atoms with van der Waals surface area (Å²) in [6.07, 6.45) is 4.39. The van der Waals surface area contributed by atoms with Crippen molar-refractivity contribution in [2.45, 2.75) is 37.6 Å². The third-order valence-corrected chi connectivity index (χ3v) is 5.10. The van der Waals surface area contributed by atoms with Crippen LogP contribution in [0.15, 0.2) is 0 Å². The second-order valence-corrected chi connectivity index (χ2v) is 6.65. The molecule has 1 saturated carbocycles. The highest BCUT2D eigenvalue weighted by atomic mass is 16.2. The largest absolute Gasteiger partial charge is 0.339 e. The number of nitrogens with zero attached hydrogens (tertiary/aromatic N) is 3. The first kappa shape index (κ1) is 15.3. The Bertz CT molecular complexity index is 479. The molecule has 3 rings (SSSR count). The van der Waals surface area contributed by atoms with E-state index in [1.54, 1.807) is 4.90 Å². The van der Waals surface area contributed by atoms with Crippen molar-refractivity contribution in [3.05, 3.63) is 0 Å². The Kier molecular flexibility index (Phi) is 4.08. The minimum atomic E-state index is -0.738. The van der Waals surface area contributed by atoms with Gasteiger partial charge in [0.25, 0.3) is 5.91 Å². The highest BCUT2D eigenvalue weighted by Crippen LogP contribution is 2.33. The smallest absolute Gasteiger partial charge is 0.325 e. The highest BCUT2D eigenvalue weighted by Gasteiger charge is 2.51. The standard InChI is InChI=1S/C15H24N4O3/c1-17-7-9-18(10-8-17)12(20)11-19-13(21)15(16-14(19)22)5-3-2-4-6-15/h2-11H2,1H3,(H,16,22). The minimum Gasteiger partial charge on any atom is -0.339 e. The van der Waals surface area contributed by atoms with E-state index in [4.69, 9.17) is 0 Å². The Morgan fingerprint density at radius 3 is 2.36 bits per heavy atom. The van der Waals surface area contributed by atoms with Crippen LogP contribution in [0.4, 0.5) is 4.79 Å². The molecule has 122 valence electrons. The van der Waals surface area contributed by atoms with E-state index in [-0.39, 0.29) is 18.4 Å². The van der Waals surface area contributed by atoms with Gasteiger partial charge in [-0.3, -0.25) is 14.5 Å². The first-order chi connectivity index (χ1) is 10.5. The fourth-order valence-corrected chi connectivity index (χ4v) is 3.61. The number of carbonyl (C=O) groups is 3. The molecule has 0 aromatic heterocycles. The quantitative estimate of drug-likeness (QED) is 0.730. The van der Waals surface area contributed by atoms with Gasteiger partial charge in [-0.25, -0.2) is 4.79 Å². The molecule has 2 saturated heterocycles. The van der Waals surface area contributed by atoms with E-state index in [1.165, 1.54) is 0 Å². The van der Waals surface area contributed by atoms with Gasteiger partial charge in [0.2, 0.25) is 5.91 Å².